The fourth-order valence-corrected chi connectivity index (χ4v) is 0.847. The van der Waals surface area contributed by atoms with Gasteiger partial charge in [0.05, 0.1) is 6.42 Å². The summed E-state index contributed by atoms with van der Waals surface area (Å²) in [5.41, 5.74) is -0.538. The molecule has 0 saturated heterocycles. The van der Waals surface area contributed by atoms with Crippen LogP contribution < -0.4 is 0 Å². The second kappa shape index (κ2) is 4.77. The van der Waals surface area contributed by atoms with Crippen molar-refractivity contribution in [3.8, 4) is 0 Å². The van der Waals surface area contributed by atoms with Crippen LogP contribution in [-0.4, -0.2) is 18.4 Å². The first-order valence-corrected chi connectivity index (χ1v) is 5.21. The second-order valence-electron chi connectivity index (χ2n) is 6.07. The first-order chi connectivity index (χ1) is 6.52. The van der Waals surface area contributed by atoms with Crippen LogP contribution in [0.2, 0.25) is 0 Å². The molecule has 0 N–H and O–H groups in total. The molecule has 0 amide bonds. The predicted octanol–water partition coefficient (Wildman–Crippen LogP) is 2.58. The Morgan fingerprint density at radius 3 is 1.80 bits per heavy atom. The van der Waals surface area contributed by atoms with Gasteiger partial charge in [0.25, 0.3) is 0 Å². The van der Waals surface area contributed by atoms with E-state index in [9.17, 15) is 9.59 Å². The van der Waals surface area contributed by atoms with Crippen LogP contribution in [0.25, 0.3) is 0 Å². The highest BCUT2D eigenvalue weighted by molar-refractivity contribution is 5.86. The number of carbonyl (C=O) groups excluding carboxylic acids is 2. The molecule has 0 aliphatic heterocycles. The zero-order valence-corrected chi connectivity index (χ0v) is 10.6. The van der Waals surface area contributed by atoms with Gasteiger partial charge >= 0.3 is 5.97 Å². The molecular formula is C12H22O3. The lowest BCUT2D eigenvalue weighted by atomic mass is 9.91. The van der Waals surface area contributed by atoms with Crippen LogP contribution >= 0.6 is 0 Å². The third kappa shape index (κ3) is 7.11. The summed E-state index contributed by atoms with van der Waals surface area (Å²) in [5.74, 6) is -0.357. The van der Waals surface area contributed by atoms with Crippen molar-refractivity contribution in [1.82, 2.24) is 0 Å². The molecule has 0 unspecified atom stereocenters. The SMILES string of the molecule is CC(C)(C)CC(=O)OCC(=O)C(C)(C)C. The van der Waals surface area contributed by atoms with Gasteiger partial charge in [-0.2, -0.15) is 0 Å². The minimum atomic E-state index is -0.442. The van der Waals surface area contributed by atoms with Gasteiger partial charge < -0.3 is 4.74 Å². The standard InChI is InChI=1S/C12H22O3/c1-11(2,3)7-10(14)15-8-9(13)12(4,5)6/h7-8H2,1-6H3. The maximum Gasteiger partial charge on any atom is 0.306 e. The highest BCUT2D eigenvalue weighted by Crippen LogP contribution is 2.19. The van der Waals surface area contributed by atoms with Gasteiger partial charge in [0.1, 0.15) is 0 Å². The molecule has 0 spiro atoms. The molecule has 3 nitrogen and oxygen atoms in total. The summed E-state index contributed by atoms with van der Waals surface area (Å²) in [6.45, 7) is 11.2. The van der Waals surface area contributed by atoms with Crippen LogP contribution in [0, 0.1) is 10.8 Å². The third-order valence-corrected chi connectivity index (χ3v) is 1.88. The zero-order chi connectivity index (χ0) is 12.3. The Bertz CT molecular complexity index is 241. The largest absolute Gasteiger partial charge is 0.458 e. The monoisotopic (exact) mass is 214 g/mol. The maximum atomic E-state index is 11.5. The summed E-state index contributed by atoms with van der Waals surface area (Å²) in [7, 11) is 0. The molecule has 0 aromatic heterocycles. The summed E-state index contributed by atoms with van der Waals surface area (Å²) in [6, 6.07) is 0. The fourth-order valence-electron chi connectivity index (χ4n) is 0.847. The molecule has 0 fully saturated rings. The molecule has 0 heterocycles. The molecule has 88 valence electrons. The number of esters is 1. The quantitative estimate of drug-likeness (QED) is 0.678. The number of Topliss-reactive ketones (excluding diaryl/α,β-unsaturated/α-hetero) is 1. The lowest BCUT2D eigenvalue weighted by Crippen LogP contribution is -2.27. The van der Waals surface area contributed by atoms with Gasteiger partial charge in [0.15, 0.2) is 12.4 Å². The minimum absolute atomic E-state index is 0.0511. The number of hydrogen-bond acceptors (Lipinski definition) is 3. The average molecular weight is 214 g/mol. The van der Waals surface area contributed by atoms with E-state index < -0.39 is 5.41 Å². The normalized spacial score (nSPS) is 12.4. The van der Waals surface area contributed by atoms with E-state index >= 15 is 0 Å². The molecule has 0 rings (SSSR count). The van der Waals surface area contributed by atoms with Gasteiger partial charge in [0.2, 0.25) is 0 Å². The lowest BCUT2D eigenvalue weighted by molar-refractivity contribution is -0.151. The van der Waals surface area contributed by atoms with Crippen molar-refractivity contribution in [2.45, 2.75) is 48.0 Å². The van der Waals surface area contributed by atoms with Gasteiger partial charge in [-0.15, -0.1) is 0 Å². The first kappa shape index (κ1) is 14.1. The van der Waals surface area contributed by atoms with Crippen molar-refractivity contribution in [3.05, 3.63) is 0 Å². The van der Waals surface area contributed by atoms with E-state index in [-0.39, 0.29) is 23.8 Å². The molecule has 0 aromatic carbocycles. The summed E-state index contributed by atoms with van der Waals surface area (Å²) in [5, 5.41) is 0. The van der Waals surface area contributed by atoms with Crippen molar-refractivity contribution < 1.29 is 14.3 Å². The van der Waals surface area contributed by atoms with E-state index in [2.05, 4.69) is 0 Å². The molecular weight excluding hydrogens is 192 g/mol. The van der Waals surface area contributed by atoms with Crippen LogP contribution in [0.3, 0.4) is 0 Å². The van der Waals surface area contributed by atoms with Crippen LogP contribution in [-0.2, 0) is 14.3 Å². The van der Waals surface area contributed by atoms with E-state index in [1.807, 2.05) is 41.5 Å². The van der Waals surface area contributed by atoms with E-state index in [4.69, 9.17) is 4.74 Å². The van der Waals surface area contributed by atoms with E-state index in [1.54, 1.807) is 0 Å². The van der Waals surface area contributed by atoms with Gasteiger partial charge in [-0.1, -0.05) is 41.5 Å². The van der Waals surface area contributed by atoms with Gasteiger partial charge in [-0.3, -0.25) is 9.59 Å². The number of ether oxygens (including phenoxy) is 1. The van der Waals surface area contributed by atoms with Crippen molar-refractivity contribution in [2.75, 3.05) is 6.61 Å². The summed E-state index contributed by atoms with van der Waals surface area (Å²) >= 11 is 0. The van der Waals surface area contributed by atoms with Gasteiger partial charge in [-0.05, 0) is 5.41 Å². The second-order valence-corrected chi connectivity index (χ2v) is 6.07. The van der Waals surface area contributed by atoms with Crippen LogP contribution in [0.5, 0.6) is 0 Å². The Hall–Kier alpha value is -0.860. The number of carbonyl (C=O) groups is 2. The van der Waals surface area contributed by atoms with Crippen LogP contribution in [0.15, 0.2) is 0 Å². The molecule has 0 saturated carbocycles. The highest BCUT2D eigenvalue weighted by Gasteiger charge is 2.23. The Kier molecular flexibility index (Phi) is 4.50. The maximum absolute atomic E-state index is 11.5. The molecule has 0 bridgehead atoms. The Labute approximate surface area is 92.2 Å². The summed E-state index contributed by atoms with van der Waals surface area (Å²) in [6.07, 6.45) is 0.338. The number of rotatable bonds is 3. The van der Waals surface area contributed by atoms with Crippen molar-refractivity contribution >= 4 is 11.8 Å². The van der Waals surface area contributed by atoms with Gasteiger partial charge in [0, 0.05) is 5.41 Å². The molecule has 15 heavy (non-hydrogen) atoms. The predicted molar refractivity (Wildman–Crippen MR) is 59.5 cm³/mol. The Morgan fingerprint density at radius 1 is 1.00 bits per heavy atom. The van der Waals surface area contributed by atoms with Crippen LogP contribution in [0.1, 0.15) is 48.0 Å². The summed E-state index contributed by atoms with van der Waals surface area (Å²) in [4.78, 5) is 22.8. The summed E-state index contributed by atoms with van der Waals surface area (Å²) < 4.78 is 4.92. The smallest absolute Gasteiger partial charge is 0.306 e. The van der Waals surface area contributed by atoms with Crippen molar-refractivity contribution in [1.29, 1.82) is 0 Å². The zero-order valence-electron chi connectivity index (χ0n) is 10.6. The van der Waals surface area contributed by atoms with Crippen molar-refractivity contribution in [2.24, 2.45) is 10.8 Å². The van der Waals surface area contributed by atoms with E-state index in [0.717, 1.165) is 0 Å². The van der Waals surface area contributed by atoms with Crippen LogP contribution in [0.4, 0.5) is 0 Å². The molecule has 0 aliphatic carbocycles. The topological polar surface area (TPSA) is 43.4 Å². The third-order valence-electron chi connectivity index (χ3n) is 1.88. The molecule has 0 aliphatic rings. The minimum Gasteiger partial charge on any atom is -0.458 e. The van der Waals surface area contributed by atoms with E-state index in [0.29, 0.717) is 6.42 Å². The highest BCUT2D eigenvalue weighted by atomic mass is 16.5. The molecule has 3 heteroatoms. The molecule has 0 atom stereocenters. The number of ketones is 1. The first-order valence-electron chi connectivity index (χ1n) is 5.21. The van der Waals surface area contributed by atoms with E-state index in [1.165, 1.54) is 0 Å². The fraction of sp³-hybridized carbons (Fsp3) is 0.833. The molecule has 0 aromatic rings. The lowest BCUT2D eigenvalue weighted by Gasteiger charge is -2.19. The Morgan fingerprint density at radius 2 is 1.47 bits per heavy atom. The number of hydrogen-bond donors (Lipinski definition) is 0. The molecule has 0 radical (unpaired) electrons. The van der Waals surface area contributed by atoms with Crippen molar-refractivity contribution in [3.63, 3.8) is 0 Å². The Balaban J connectivity index is 3.98. The van der Waals surface area contributed by atoms with Gasteiger partial charge in [-0.25, -0.2) is 0 Å². The average Bonchev–Trinajstić information content (AvgIpc) is 1.94.